The molecule has 0 aliphatic rings. The minimum atomic E-state index is -0.833. The van der Waals surface area contributed by atoms with Crippen molar-refractivity contribution in [3.63, 3.8) is 0 Å². The Morgan fingerprint density at radius 2 is 1.25 bits per heavy atom. The van der Waals surface area contributed by atoms with Crippen LogP contribution < -0.4 is 0 Å². The first-order chi connectivity index (χ1) is 7.20. The summed E-state index contributed by atoms with van der Waals surface area (Å²) in [5.41, 5.74) is 0. The summed E-state index contributed by atoms with van der Waals surface area (Å²) in [4.78, 5) is 9.00. The SMILES string of the molecule is CC(=O)O.CCO.PP(P)P(P)P.PPP. The zero-order chi connectivity index (χ0) is 14.1. The molecule has 0 aromatic carbocycles. The van der Waals surface area contributed by atoms with E-state index >= 15 is 0 Å². The highest BCUT2D eigenvalue weighted by molar-refractivity contribution is 8.92. The third-order valence-corrected chi connectivity index (χ3v) is 21.6. The summed E-state index contributed by atoms with van der Waals surface area (Å²) in [6, 6.07) is 0. The Balaban J connectivity index is -0.0000000635. The molecule has 0 radical (unpaired) electrons. The van der Waals surface area contributed by atoms with E-state index in [0.29, 0.717) is 0 Å². The first kappa shape index (κ1) is 27.6. The average Bonchev–Trinajstić information content (AvgIpc) is 2.05. The second kappa shape index (κ2) is 26.8. The number of aliphatic hydroxyl groups excluding tert-OH is 1. The zero-order valence-corrected chi connectivity index (χ0v) is 19.1. The van der Waals surface area contributed by atoms with Crippen LogP contribution in [0.2, 0.25) is 0 Å². The smallest absolute Gasteiger partial charge is 0.300 e. The average molecular weight is 398 g/mol. The number of aliphatic carboxylic acids is 1. The van der Waals surface area contributed by atoms with Crippen molar-refractivity contribution in [1.82, 2.24) is 0 Å². The minimum Gasteiger partial charge on any atom is -0.481 e. The second-order valence-corrected chi connectivity index (χ2v) is 25.9. The van der Waals surface area contributed by atoms with Crippen LogP contribution >= 0.6 is 75.5 Å². The molecule has 16 heavy (non-hydrogen) atoms. The molecule has 0 saturated carbocycles. The monoisotopic (exact) mass is 398 g/mol. The van der Waals surface area contributed by atoms with Gasteiger partial charge in [-0.15, -0.1) is 53.6 Å². The summed E-state index contributed by atoms with van der Waals surface area (Å²) in [7, 11) is 17.2. The molecule has 2 N–H and O–H groups in total. The molecule has 6 atom stereocenters. The fourth-order valence-electron chi connectivity index (χ4n) is 0. The van der Waals surface area contributed by atoms with Crippen molar-refractivity contribution >= 4 is 81.5 Å². The number of rotatable bonds is 1. The van der Waals surface area contributed by atoms with Crippen molar-refractivity contribution in [1.29, 1.82) is 0 Å². The van der Waals surface area contributed by atoms with Crippen molar-refractivity contribution in [2.45, 2.75) is 13.8 Å². The molecular formula is C4H23O3P9. The Morgan fingerprint density at radius 1 is 1.19 bits per heavy atom. The maximum Gasteiger partial charge on any atom is 0.300 e. The van der Waals surface area contributed by atoms with Crippen LogP contribution in [0.15, 0.2) is 0 Å². The zero-order valence-electron chi connectivity index (χ0n) is 9.37. The lowest BCUT2D eigenvalue weighted by Gasteiger charge is -2.06. The van der Waals surface area contributed by atoms with E-state index in [0.717, 1.165) is 14.9 Å². The molecular weight excluding hydrogens is 375 g/mol. The number of hydrogen-bond acceptors (Lipinski definition) is 2. The van der Waals surface area contributed by atoms with E-state index in [1.165, 1.54) is 0 Å². The first-order valence-electron chi connectivity index (χ1n) is 3.76. The van der Waals surface area contributed by atoms with Crippen molar-refractivity contribution in [3.8, 4) is 0 Å². The lowest BCUT2D eigenvalue weighted by atomic mass is 10.9. The fourth-order valence-corrected chi connectivity index (χ4v) is 0. The summed E-state index contributed by atoms with van der Waals surface area (Å²) in [6.45, 7) is 3.34. The quantitative estimate of drug-likeness (QED) is 0.646. The molecule has 0 aliphatic heterocycles. The van der Waals surface area contributed by atoms with E-state index in [4.69, 9.17) is 15.0 Å². The van der Waals surface area contributed by atoms with Crippen molar-refractivity contribution in [2.75, 3.05) is 6.61 Å². The number of carbonyl (C=O) groups is 1. The van der Waals surface area contributed by atoms with Gasteiger partial charge in [-0.1, -0.05) is 7.96 Å². The number of hydrogen-bond donors (Lipinski definition) is 2. The number of aliphatic hydroxyl groups is 1. The third-order valence-electron chi connectivity index (χ3n) is 0.267. The Labute approximate surface area is 117 Å². The van der Waals surface area contributed by atoms with Gasteiger partial charge in [-0.25, -0.2) is 0 Å². The maximum absolute atomic E-state index is 9.00. The largest absolute Gasteiger partial charge is 0.481 e. The van der Waals surface area contributed by atoms with Crippen LogP contribution in [0, 0.1) is 0 Å². The van der Waals surface area contributed by atoms with E-state index in [1.807, 2.05) is 0 Å². The van der Waals surface area contributed by atoms with Gasteiger partial charge >= 0.3 is 0 Å². The summed E-state index contributed by atoms with van der Waals surface area (Å²) >= 11 is 0. The topological polar surface area (TPSA) is 57.5 Å². The van der Waals surface area contributed by atoms with E-state index in [2.05, 4.69) is 53.6 Å². The Hall–Kier alpha value is 3.30. The maximum atomic E-state index is 9.00. The summed E-state index contributed by atoms with van der Waals surface area (Å²) in [6.07, 6.45) is 0. The third kappa shape index (κ3) is 86.3. The molecule has 0 heterocycles. The van der Waals surface area contributed by atoms with Gasteiger partial charge in [-0.3, -0.25) is 4.79 Å². The van der Waals surface area contributed by atoms with Crippen LogP contribution in [0.25, 0.3) is 0 Å². The normalized spacial score (nSPS) is 7.94. The van der Waals surface area contributed by atoms with Crippen molar-refractivity contribution in [3.05, 3.63) is 0 Å². The van der Waals surface area contributed by atoms with Gasteiger partial charge in [-0.2, -0.15) is 0 Å². The number of carboxylic acid groups (broad SMARTS) is 1. The van der Waals surface area contributed by atoms with Crippen molar-refractivity contribution in [2.24, 2.45) is 0 Å². The van der Waals surface area contributed by atoms with Crippen LogP contribution in [-0.4, -0.2) is 22.8 Å². The Morgan fingerprint density at radius 3 is 1.25 bits per heavy atom. The van der Waals surface area contributed by atoms with Crippen molar-refractivity contribution < 1.29 is 15.0 Å². The Kier molecular flexibility index (Phi) is 46.2. The molecule has 0 saturated heterocycles. The highest BCUT2D eigenvalue weighted by Gasteiger charge is 1.94. The first-order valence-corrected chi connectivity index (χ1v) is 18.2. The molecule has 6 unspecified atom stereocenters. The van der Waals surface area contributed by atoms with Crippen LogP contribution in [0.1, 0.15) is 13.8 Å². The number of carboxylic acids is 1. The van der Waals surface area contributed by atoms with Crippen LogP contribution in [0.5, 0.6) is 0 Å². The molecule has 0 rings (SSSR count). The molecule has 0 fully saturated rings. The van der Waals surface area contributed by atoms with Gasteiger partial charge in [0.2, 0.25) is 0 Å². The van der Waals surface area contributed by atoms with Gasteiger partial charge in [0.15, 0.2) is 0 Å². The van der Waals surface area contributed by atoms with Crippen LogP contribution in [0.4, 0.5) is 0 Å². The molecule has 0 amide bonds. The van der Waals surface area contributed by atoms with Crippen LogP contribution in [0.3, 0.4) is 0 Å². The van der Waals surface area contributed by atoms with E-state index in [-0.39, 0.29) is 20.6 Å². The van der Waals surface area contributed by atoms with E-state index < -0.39 is 5.97 Å². The van der Waals surface area contributed by atoms with Crippen LogP contribution in [-0.2, 0) is 4.79 Å². The molecule has 0 aromatic rings. The van der Waals surface area contributed by atoms with Gasteiger partial charge in [0, 0.05) is 13.5 Å². The molecule has 0 aromatic heterocycles. The van der Waals surface area contributed by atoms with E-state index in [9.17, 15) is 0 Å². The summed E-state index contributed by atoms with van der Waals surface area (Å²) in [5, 5.41) is 15.0. The van der Waals surface area contributed by atoms with E-state index in [1.54, 1.807) is 6.92 Å². The molecule has 0 bridgehead atoms. The van der Waals surface area contributed by atoms with Gasteiger partial charge in [0.05, 0.1) is 0 Å². The summed E-state index contributed by atoms with van der Waals surface area (Å²) in [5.74, 6) is -0.833. The van der Waals surface area contributed by atoms with Gasteiger partial charge in [-0.05, 0) is 20.9 Å². The minimum absolute atomic E-state index is 0.165. The molecule has 3 nitrogen and oxygen atoms in total. The summed E-state index contributed by atoms with van der Waals surface area (Å²) < 4.78 is 0. The highest BCUT2D eigenvalue weighted by atomic mass is 33.0. The standard InChI is InChI=1S/C2H4O2.C2H6O.H8P6.H5P3/c1-2(3)4;1-2-3;1-5(2)6(3)4;1-3-2/h1H3,(H,3,4);3H,2H2,1H3;1-4H2;3H,1-2H2. The predicted octanol–water partition coefficient (Wildman–Crippen LogP) is 4.36. The van der Waals surface area contributed by atoms with Gasteiger partial charge < -0.3 is 10.2 Å². The Bertz CT molecular complexity index is 109. The predicted molar refractivity (Wildman–Crippen MR) is 106 cm³/mol. The molecule has 12 heteroatoms. The molecule has 102 valence electrons. The van der Waals surface area contributed by atoms with Gasteiger partial charge in [0.1, 0.15) is 0 Å². The fraction of sp³-hybridized carbons (Fsp3) is 0.750. The molecule has 0 spiro atoms. The lowest BCUT2D eigenvalue weighted by molar-refractivity contribution is -0.134. The second-order valence-electron chi connectivity index (χ2n) is 1.76. The van der Waals surface area contributed by atoms with Gasteiger partial charge in [0.25, 0.3) is 5.97 Å². The highest BCUT2D eigenvalue weighted by Crippen LogP contribution is 2.86. The molecule has 0 aliphatic carbocycles. The lowest BCUT2D eigenvalue weighted by Crippen LogP contribution is -1.78.